The van der Waals surface area contributed by atoms with Gasteiger partial charge < -0.3 is 15.8 Å². The second-order valence-corrected chi connectivity index (χ2v) is 4.10. The van der Waals surface area contributed by atoms with E-state index >= 15 is 0 Å². The normalized spacial score (nSPS) is 9.76. The zero-order chi connectivity index (χ0) is 12.8. The van der Waals surface area contributed by atoms with Gasteiger partial charge in [-0.3, -0.25) is 4.79 Å². The van der Waals surface area contributed by atoms with Gasteiger partial charge in [0.05, 0.1) is 5.02 Å². The number of rotatable bonds is 5. The van der Waals surface area contributed by atoms with Crippen LogP contribution in [-0.2, 0) is 4.79 Å². The van der Waals surface area contributed by atoms with E-state index in [9.17, 15) is 4.79 Å². The van der Waals surface area contributed by atoms with Crippen molar-refractivity contribution < 1.29 is 9.53 Å². The number of carbonyl (C=O) groups is 1. The molecule has 4 nitrogen and oxygen atoms in total. The van der Waals surface area contributed by atoms with Crippen LogP contribution in [0.5, 0.6) is 5.75 Å². The summed E-state index contributed by atoms with van der Waals surface area (Å²) in [5.41, 5.74) is 6.06. The molecule has 6 heteroatoms. The molecular weight excluding hydrogens is 260 g/mol. The molecule has 0 aromatic heterocycles. The predicted molar refractivity (Wildman–Crippen MR) is 71.5 cm³/mol. The summed E-state index contributed by atoms with van der Waals surface area (Å²) in [6, 6.07) is 4.91. The maximum absolute atomic E-state index is 11.2. The van der Waals surface area contributed by atoms with Gasteiger partial charge in [-0.15, -0.1) is 0 Å². The first-order valence-electron chi connectivity index (χ1n) is 5.03. The molecule has 3 N–H and O–H groups in total. The van der Waals surface area contributed by atoms with Crippen LogP contribution in [0.1, 0.15) is 12.5 Å². The minimum atomic E-state index is -0.179. The zero-order valence-electron chi connectivity index (χ0n) is 9.33. The van der Waals surface area contributed by atoms with Gasteiger partial charge >= 0.3 is 0 Å². The first-order chi connectivity index (χ1) is 8.04. The van der Waals surface area contributed by atoms with Gasteiger partial charge in [0, 0.05) is 12.1 Å². The first-order valence-corrected chi connectivity index (χ1v) is 5.82. The number of ether oxygens (including phenoxy) is 1. The summed E-state index contributed by atoms with van der Waals surface area (Å²) in [4.78, 5) is 11.4. The number of amides is 1. The van der Waals surface area contributed by atoms with Crippen molar-refractivity contribution in [3.8, 4) is 5.75 Å². The number of nitrogens with one attached hydrogen (secondary N) is 1. The van der Waals surface area contributed by atoms with E-state index in [2.05, 4.69) is 5.32 Å². The monoisotopic (exact) mass is 272 g/mol. The smallest absolute Gasteiger partial charge is 0.257 e. The van der Waals surface area contributed by atoms with E-state index in [1.807, 2.05) is 6.92 Å². The minimum absolute atomic E-state index is 0.0451. The number of halogens is 1. The zero-order valence-corrected chi connectivity index (χ0v) is 10.9. The molecule has 0 heterocycles. The van der Waals surface area contributed by atoms with Crippen LogP contribution >= 0.6 is 23.8 Å². The maximum atomic E-state index is 11.2. The van der Waals surface area contributed by atoms with Crippen molar-refractivity contribution in [2.24, 2.45) is 5.73 Å². The highest BCUT2D eigenvalue weighted by Gasteiger charge is 2.06. The van der Waals surface area contributed by atoms with Crippen LogP contribution in [0.4, 0.5) is 0 Å². The Kier molecular flexibility index (Phi) is 5.18. The van der Waals surface area contributed by atoms with Crippen molar-refractivity contribution in [1.29, 1.82) is 0 Å². The fourth-order valence-corrected chi connectivity index (χ4v) is 1.69. The third-order valence-electron chi connectivity index (χ3n) is 1.95. The fraction of sp³-hybridized carbons (Fsp3) is 0.273. The van der Waals surface area contributed by atoms with E-state index in [0.29, 0.717) is 22.9 Å². The van der Waals surface area contributed by atoms with Crippen molar-refractivity contribution in [1.82, 2.24) is 5.32 Å². The molecule has 0 saturated carbocycles. The van der Waals surface area contributed by atoms with Gasteiger partial charge in [-0.05, 0) is 25.1 Å². The van der Waals surface area contributed by atoms with E-state index in [1.54, 1.807) is 18.2 Å². The Morgan fingerprint density at radius 3 is 2.82 bits per heavy atom. The quantitative estimate of drug-likeness (QED) is 0.797. The number of thiocarbonyl (C=S) groups is 1. The Morgan fingerprint density at radius 2 is 2.29 bits per heavy atom. The molecule has 1 rings (SSSR count). The van der Waals surface area contributed by atoms with Crippen LogP contribution in [-0.4, -0.2) is 24.0 Å². The number of hydrogen-bond acceptors (Lipinski definition) is 3. The number of likely N-dealkylation sites (N-methyl/N-ethyl adjacent to an activating group) is 1. The van der Waals surface area contributed by atoms with Gasteiger partial charge in [0.15, 0.2) is 6.61 Å². The lowest BCUT2D eigenvalue weighted by atomic mass is 10.2. The largest absolute Gasteiger partial charge is 0.484 e. The van der Waals surface area contributed by atoms with E-state index in [4.69, 9.17) is 34.3 Å². The average molecular weight is 273 g/mol. The molecule has 0 radical (unpaired) electrons. The van der Waals surface area contributed by atoms with Crippen LogP contribution in [0.15, 0.2) is 18.2 Å². The summed E-state index contributed by atoms with van der Waals surface area (Å²) in [6.07, 6.45) is 0. The molecule has 0 aliphatic carbocycles. The SMILES string of the molecule is CCNC(=O)COc1ccc(C(N)=S)c(Cl)c1. The molecule has 92 valence electrons. The van der Waals surface area contributed by atoms with Crippen LogP contribution in [0.25, 0.3) is 0 Å². The average Bonchev–Trinajstić information content (AvgIpc) is 2.26. The molecule has 17 heavy (non-hydrogen) atoms. The van der Waals surface area contributed by atoms with Crippen LogP contribution in [0.3, 0.4) is 0 Å². The third-order valence-corrected chi connectivity index (χ3v) is 2.48. The summed E-state index contributed by atoms with van der Waals surface area (Å²) in [5, 5.41) is 3.03. The number of carbonyl (C=O) groups excluding carboxylic acids is 1. The maximum Gasteiger partial charge on any atom is 0.257 e. The molecule has 0 bridgehead atoms. The van der Waals surface area contributed by atoms with Gasteiger partial charge in [0.25, 0.3) is 5.91 Å². The van der Waals surface area contributed by atoms with E-state index in [-0.39, 0.29) is 17.5 Å². The van der Waals surface area contributed by atoms with Gasteiger partial charge in [-0.25, -0.2) is 0 Å². The van der Waals surface area contributed by atoms with Gasteiger partial charge in [0.2, 0.25) is 0 Å². The van der Waals surface area contributed by atoms with Crippen LogP contribution in [0.2, 0.25) is 5.02 Å². The Hall–Kier alpha value is -1.33. The second kappa shape index (κ2) is 6.42. The Bertz CT molecular complexity index is 437. The fourth-order valence-electron chi connectivity index (χ4n) is 1.18. The molecule has 0 aliphatic heterocycles. The third kappa shape index (κ3) is 4.20. The highest BCUT2D eigenvalue weighted by atomic mass is 35.5. The summed E-state index contributed by atoms with van der Waals surface area (Å²) in [5.74, 6) is 0.322. The second-order valence-electron chi connectivity index (χ2n) is 3.25. The standard InChI is InChI=1S/C11H13ClN2O2S/c1-2-14-10(15)6-16-7-3-4-8(11(13)17)9(12)5-7/h3-5H,2,6H2,1H3,(H2,13,17)(H,14,15). The van der Waals surface area contributed by atoms with Crippen molar-refractivity contribution in [3.63, 3.8) is 0 Å². The molecule has 0 aliphatic rings. The molecule has 0 unspecified atom stereocenters. The molecule has 1 aromatic rings. The van der Waals surface area contributed by atoms with E-state index in [0.717, 1.165) is 0 Å². The number of hydrogen-bond donors (Lipinski definition) is 2. The number of benzene rings is 1. The van der Waals surface area contributed by atoms with Crippen LogP contribution in [0, 0.1) is 0 Å². The molecule has 0 atom stereocenters. The van der Waals surface area contributed by atoms with Crippen molar-refractivity contribution in [2.45, 2.75) is 6.92 Å². The highest BCUT2D eigenvalue weighted by Crippen LogP contribution is 2.22. The molecular formula is C11H13ClN2O2S. The first kappa shape index (κ1) is 13.7. The van der Waals surface area contributed by atoms with Crippen LogP contribution < -0.4 is 15.8 Å². The van der Waals surface area contributed by atoms with Crippen molar-refractivity contribution in [2.75, 3.05) is 13.2 Å². The highest BCUT2D eigenvalue weighted by molar-refractivity contribution is 7.80. The van der Waals surface area contributed by atoms with Crippen molar-refractivity contribution in [3.05, 3.63) is 28.8 Å². The van der Waals surface area contributed by atoms with Gasteiger partial charge in [-0.2, -0.15) is 0 Å². The molecule has 1 amide bonds. The Balaban J connectivity index is 2.65. The van der Waals surface area contributed by atoms with E-state index in [1.165, 1.54) is 0 Å². The Morgan fingerprint density at radius 1 is 1.59 bits per heavy atom. The van der Waals surface area contributed by atoms with Gasteiger partial charge in [-0.1, -0.05) is 23.8 Å². The summed E-state index contributed by atoms with van der Waals surface area (Å²) in [7, 11) is 0. The molecule has 0 saturated heterocycles. The topological polar surface area (TPSA) is 64.3 Å². The lowest BCUT2D eigenvalue weighted by Crippen LogP contribution is -2.28. The minimum Gasteiger partial charge on any atom is -0.484 e. The van der Waals surface area contributed by atoms with Crippen molar-refractivity contribution >= 4 is 34.7 Å². The predicted octanol–water partition coefficient (Wildman–Crippen LogP) is 1.49. The van der Waals surface area contributed by atoms with Gasteiger partial charge in [0.1, 0.15) is 10.7 Å². The lowest BCUT2D eigenvalue weighted by Gasteiger charge is -2.08. The Labute approximate surface area is 110 Å². The molecule has 0 spiro atoms. The van der Waals surface area contributed by atoms with E-state index < -0.39 is 0 Å². The number of nitrogens with two attached hydrogens (primary N) is 1. The molecule has 1 aromatic carbocycles. The summed E-state index contributed by atoms with van der Waals surface area (Å²) >= 11 is 10.8. The molecule has 0 fully saturated rings. The lowest BCUT2D eigenvalue weighted by molar-refractivity contribution is -0.122. The summed E-state index contributed by atoms with van der Waals surface area (Å²) < 4.78 is 5.26. The summed E-state index contributed by atoms with van der Waals surface area (Å²) in [6.45, 7) is 2.37.